The monoisotopic (exact) mass is 502 g/mol. The van der Waals surface area contributed by atoms with E-state index in [1.807, 2.05) is 0 Å². The van der Waals surface area contributed by atoms with Gasteiger partial charge in [-0.15, -0.1) is 0 Å². The summed E-state index contributed by atoms with van der Waals surface area (Å²) >= 11 is 0. The lowest BCUT2D eigenvalue weighted by atomic mass is 9.91. The Hall–Kier alpha value is -4.72. The van der Waals surface area contributed by atoms with Crippen LogP contribution in [0.5, 0.6) is 28.7 Å². The summed E-state index contributed by atoms with van der Waals surface area (Å²) < 4.78 is 21.8. The highest BCUT2D eigenvalue weighted by Gasteiger charge is 2.34. The van der Waals surface area contributed by atoms with E-state index >= 15 is 0 Å². The second-order valence-corrected chi connectivity index (χ2v) is 8.19. The number of carbonyl (C=O) groups is 2. The fourth-order valence-corrected chi connectivity index (χ4v) is 4.06. The topological polar surface area (TPSA) is 112 Å². The first-order chi connectivity index (χ1) is 17.9. The highest BCUT2D eigenvalue weighted by Crippen LogP contribution is 2.39. The molecule has 37 heavy (non-hydrogen) atoms. The third-order valence-electron chi connectivity index (χ3n) is 5.97. The Kier molecular flexibility index (Phi) is 7.48. The summed E-state index contributed by atoms with van der Waals surface area (Å²) in [7, 11) is 4.53. The Morgan fingerprint density at radius 2 is 1.68 bits per heavy atom. The van der Waals surface area contributed by atoms with Crippen molar-refractivity contribution in [3.05, 3.63) is 89.0 Å². The van der Waals surface area contributed by atoms with E-state index in [9.17, 15) is 19.8 Å². The van der Waals surface area contributed by atoms with Crippen molar-refractivity contribution in [1.82, 2.24) is 0 Å². The van der Waals surface area contributed by atoms with Crippen molar-refractivity contribution >= 4 is 23.4 Å². The molecule has 1 unspecified atom stereocenters. The van der Waals surface area contributed by atoms with Gasteiger partial charge in [0, 0.05) is 6.07 Å². The standard InChI is InChI=1S/C29H26O8/c1-34-18-10-11-20-25(15-18)37-27(16-23(32)19-6-4-5-7-21(19)30)28(29(20)33)22(31)12-8-17-9-13-24(35-2)26(14-17)36-3/h4-15,27,30,33H,16H2,1-3H3/b12-8+. The molecule has 1 aliphatic heterocycles. The van der Waals surface area contributed by atoms with Gasteiger partial charge < -0.3 is 29.2 Å². The van der Waals surface area contributed by atoms with Crippen molar-refractivity contribution in [3.63, 3.8) is 0 Å². The van der Waals surface area contributed by atoms with E-state index in [1.54, 1.807) is 54.6 Å². The number of fused-ring (bicyclic) bond motifs is 1. The number of ether oxygens (including phenoxy) is 4. The maximum absolute atomic E-state index is 13.4. The Balaban J connectivity index is 1.70. The van der Waals surface area contributed by atoms with Crippen molar-refractivity contribution in [3.8, 4) is 28.7 Å². The lowest BCUT2D eigenvalue weighted by molar-refractivity contribution is -0.112. The molecule has 0 saturated carbocycles. The number of rotatable bonds is 9. The molecule has 1 aliphatic rings. The predicted octanol–water partition coefficient (Wildman–Crippen LogP) is 5.00. The van der Waals surface area contributed by atoms with E-state index in [1.165, 1.54) is 39.5 Å². The Morgan fingerprint density at radius 3 is 2.38 bits per heavy atom. The highest BCUT2D eigenvalue weighted by atomic mass is 16.5. The van der Waals surface area contributed by atoms with E-state index in [4.69, 9.17) is 18.9 Å². The second kappa shape index (κ2) is 10.9. The van der Waals surface area contributed by atoms with Gasteiger partial charge in [-0.05, 0) is 48.0 Å². The number of allylic oxidation sites excluding steroid dienone is 1. The molecule has 0 amide bonds. The zero-order chi connectivity index (χ0) is 26.5. The fourth-order valence-electron chi connectivity index (χ4n) is 4.06. The lowest BCUT2D eigenvalue weighted by Crippen LogP contribution is -2.31. The summed E-state index contributed by atoms with van der Waals surface area (Å²) in [6.07, 6.45) is 1.47. The van der Waals surface area contributed by atoms with Gasteiger partial charge in [-0.2, -0.15) is 0 Å². The molecular formula is C29H26O8. The number of aliphatic hydroxyl groups is 1. The molecular weight excluding hydrogens is 476 g/mol. The molecule has 0 fully saturated rings. The van der Waals surface area contributed by atoms with E-state index in [-0.39, 0.29) is 34.8 Å². The van der Waals surface area contributed by atoms with Crippen LogP contribution in [0.2, 0.25) is 0 Å². The average molecular weight is 503 g/mol. The van der Waals surface area contributed by atoms with Gasteiger partial charge in [0.05, 0.1) is 44.5 Å². The normalized spacial score (nSPS) is 14.6. The van der Waals surface area contributed by atoms with Gasteiger partial charge in [-0.1, -0.05) is 24.3 Å². The number of hydrogen-bond acceptors (Lipinski definition) is 8. The molecule has 0 bridgehead atoms. The van der Waals surface area contributed by atoms with Crippen molar-refractivity contribution in [1.29, 1.82) is 0 Å². The van der Waals surface area contributed by atoms with Crippen LogP contribution in [0.1, 0.15) is 27.9 Å². The predicted molar refractivity (Wildman–Crippen MR) is 138 cm³/mol. The molecule has 3 aromatic carbocycles. The van der Waals surface area contributed by atoms with Crippen LogP contribution in [0.3, 0.4) is 0 Å². The summed E-state index contributed by atoms with van der Waals surface area (Å²) in [6.45, 7) is 0. The molecule has 1 atom stereocenters. The SMILES string of the molecule is COc1ccc2c(c1)OC(CC(=O)c1ccccc1O)C(C(=O)/C=C/c1ccc(OC)c(OC)c1)=C2O. The first kappa shape index (κ1) is 25.4. The van der Waals surface area contributed by atoms with Crippen LogP contribution < -0.4 is 18.9 Å². The Bertz CT molecular complexity index is 1400. The number of para-hydroxylation sites is 1. The number of phenols is 1. The summed E-state index contributed by atoms with van der Waals surface area (Å²) in [5, 5.41) is 21.2. The van der Waals surface area contributed by atoms with Crippen LogP contribution in [0.4, 0.5) is 0 Å². The Labute approximate surface area is 214 Å². The molecule has 8 heteroatoms. The molecule has 0 spiro atoms. The van der Waals surface area contributed by atoms with Gasteiger partial charge in [0.15, 0.2) is 23.1 Å². The van der Waals surface area contributed by atoms with Crippen molar-refractivity contribution in [2.24, 2.45) is 0 Å². The molecule has 0 aliphatic carbocycles. The van der Waals surface area contributed by atoms with Crippen LogP contribution >= 0.6 is 0 Å². The number of benzene rings is 3. The van der Waals surface area contributed by atoms with Crippen LogP contribution in [0.25, 0.3) is 11.8 Å². The van der Waals surface area contributed by atoms with Crippen LogP contribution in [0.15, 0.2) is 72.3 Å². The van der Waals surface area contributed by atoms with E-state index in [2.05, 4.69) is 0 Å². The summed E-state index contributed by atoms with van der Waals surface area (Å²) in [5.41, 5.74) is 0.984. The van der Waals surface area contributed by atoms with E-state index in [0.717, 1.165) is 0 Å². The number of methoxy groups -OCH3 is 3. The minimum absolute atomic E-state index is 0.0711. The number of hydrogen-bond donors (Lipinski definition) is 2. The molecule has 8 nitrogen and oxygen atoms in total. The average Bonchev–Trinajstić information content (AvgIpc) is 2.91. The molecule has 190 valence electrons. The number of aliphatic hydroxyl groups excluding tert-OH is 1. The maximum Gasteiger partial charge on any atom is 0.189 e. The third-order valence-corrected chi connectivity index (χ3v) is 5.97. The number of ketones is 2. The van der Waals surface area contributed by atoms with Gasteiger partial charge in [-0.3, -0.25) is 9.59 Å². The van der Waals surface area contributed by atoms with Gasteiger partial charge in [0.1, 0.15) is 29.1 Å². The van der Waals surface area contributed by atoms with E-state index in [0.29, 0.717) is 28.4 Å². The summed E-state index contributed by atoms with van der Waals surface area (Å²) in [4.78, 5) is 26.4. The second-order valence-electron chi connectivity index (χ2n) is 8.19. The van der Waals surface area contributed by atoms with Crippen molar-refractivity contribution in [2.75, 3.05) is 21.3 Å². The summed E-state index contributed by atoms with van der Waals surface area (Å²) in [6, 6.07) is 16.1. The molecule has 0 saturated heterocycles. The summed E-state index contributed by atoms with van der Waals surface area (Å²) in [5.74, 6) is 0.338. The zero-order valence-electron chi connectivity index (χ0n) is 20.6. The fraction of sp³-hybridized carbons (Fsp3) is 0.172. The quantitative estimate of drug-likeness (QED) is 0.311. The highest BCUT2D eigenvalue weighted by molar-refractivity contribution is 6.12. The molecule has 0 aromatic heterocycles. The number of carbonyl (C=O) groups excluding carboxylic acids is 2. The first-order valence-electron chi connectivity index (χ1n) is 11.4. The van der Waals surface area contributed by atoms with Gasteiger partial charge in [0.25, 0.3) is 0 Å². The van der Waals surface area contributed by atoms with Gasteiger partial charge in [0.2, 0.25) is 0 Å². The van der Waals surface area contributed by atoms with Crippen LogP contribution in [-0.4, -0.2) is 49.2 Å². The third kappa shape index (κ3) is 5.28. The molecule has 1 heterocycles. The van der Waals surface area contributed by atoms with Crippen LogP contribution in [0, 0.1) is 0 Å². The van der Waals surface area contributed by atoms with Crippen molar-refractivity contribution in [2.45, 2.75) is 12.5 Å². The van der Waals surface area contributed by atoms with Crippen LogP contribution in [-0.2, 0) is 4.79 Å². The molecule has 0 radical (unpaired) electrons. The molecule has 4 rings (SSSR count). The van der Waals surface area contributed by atoms with E-state index < -0.39 is 17.7 Å². The molecule has 2 N–H and O–H groups in total. The largest absolute Gasteiger partial charge is 0.507 e. The number of Topliss-reactive ketones (excluding diaryl/α,β-unsaturated/α-hetero) is 1. The van der Waals surface area contributed by atoms with Gasteiger partial charge >= 0.3 is 0 Å². The maximum atomic E-state index is 13.4. The zero-order valence-corrected chi connectivity index (χ0v) is 20.6. The first-order valence-corrected chi connectivity index (χ1v) is 11.4. The smallest absolute Gasteiger partial charge is 0.189 e. The minimum Gasteiger partial charge on any atom is -0.507 e. The number of aromatic hydroxyl groups is 1. The lowest BCUT2D eigenvalue weighted by Gasteiger charge is -2.28. The minimum atomic E-state index is -1.10. The Morgan fingerprint density at radius 1 is 0.919 bits per heavy atom. The number of phenolic OH excluding ortho intramolecular Hbond substituents is 1. The van der Waals surface area contributed by atoms with Gasteiger partial charge in [-0.25, -0.2) is 0 Å². The van der Waals surface area contributed by atoms with Crippen molar-refractivity contribution < 1.29 is 38.7 Å². The molecule has 3 aromatic rings.